The molecule has 0 radical (unpaired) electrons. The van der Waals surface area contributed by atoms with Gasteiger partial charge in [-0.2, -0.15) is 0 Å². The summed E-state index contributed by atoms with van der Waals surface area (Å²) in [4.78, 5) is 0. The third-order valence-electron chi connectivity index (χ3n) is 2.68. The standard InChI is InChI=1S/C17H15FO3/c18-15-9-14(3-1-2-8-19)10-17(11-15)21-12-13-4-6-16(20)7-5-13/h4-7,9-11,19-20H,2,8,12H2. The normalized spacial score (nSPS) is 9.81. The minimum atomic E-state index is -0.425. The second-order valence-corrected chi connectivity index (χ2v) is 4.41. The van der Waals surface area contributed by atoms with Gasteiger partial charge in [0.15, 0.2) is 0 Å². The van der Waals surface area contributed by atoms with Gasteiger partial charge in [-0.1, -0.05) is 24.0 Å². The van der Waals surface area contributed by atoms with Crippen molar-refractivity contribution in [2.45, 2.75) is 13.0 Å². The van der Waals surface area contributed by atoms with Crippen LogP contribution in [0.4, 0.5) is 4.39 Å². The molecule has 2 N–H and O–H groups in total. The minimum absolute atomic E-state index is 0.0213. The van der Waals surface area contributed by atoms with Crippen LogP contribution < -0.4 is 4.74 Å². The second kappa shape index (κ2) is 7.32. The highest BCUT2D eigenvalue weighted by Crippen LogP contribution is 2.18. The highest BCUT2D eigenvalue weighted by molar-refractivity contribution is 5.40. The van der Waals surface area contributed by atoms with E-state index in [-0.39, 0.29) is 19.0 Å². The largest absolute Gasteiger partial charge is 0.508 e. The molecule has 0 aliphatic carbocycles. The fourth-order valence-corrected chi connectivity index (χ4v) is 1.70. The predicted octanol–water partition coefficient (Wildman–Crippen LogP) is 2.84. The Labute approximate surface area is 122 Å². The van der Waals surface area contributed by atoms with E-state index in [1.807, 2.05) is 0 Å². The average molecular weight is 286 g/mol. The third-order valence-corrected chi connectivity index (χ3v) is 2.68. The molecule has 0 aliphatic heterocycles. The Morgan fingerprint density at radius 3 is 2.57 bits per heavy atom. The first-order valence-corrected chi connectivity index (χ1v) is 6.48. The van der Waals surface area contributed by atoms with Crippen LogP contribution in [0, 0.1) is 17.7 Å². The Morgan fingerprint density at radius 1 is 1.10 bits per heavy atom. The van der Waals surface area contributed by atoms with E-state index in [1.165, 1.54) is 12.1 Å². The molecule has 108 valence electrons. The predicted molar refractivity (Wildman–Crippen MR) is 77.4 cm³/mol. The number of hydrogen-bond acceptors (Lipinski definition) is 3. The summed E-state index contributed by atoms with van der Waals surface area (Å²) in [5, 5.41) is 17.9. The quantitative estimate of drug-likeness (QED) is 0.850. The van der Waals surface area contributed by atoms with Crippen molar-refractivity contribution in [3.63, 3.8) is 0 Å². The summed E-state index contributed by atoms with van der Waals surface area (Å²) >= 11 is 0. The summed E-state index contributed by atoms with van der Waals surface area (Å²) in [7, 11) is 0. The topological polar surface area (TPSA) is 49.7 Å². The smallest absolute Gasteiger partial charge is 0.128 e. The molecule has 0 saturated carbocycles. The van der Waals surface area contributed by atoms with Crippen molar-refractivity contribution in [1.82, 2.24) is 0 Å². The highest BCUT2D eigenvalue weighted by Gasteiger charge is 2.01. The van der Waals surface area contributed by atoms with Gasteiger partial charge in [0.1, 0.15) is 23.9 Å². The van der Waals surface area contributed by atoms with E-state index < -0.39 is 5.82 Å². The first-order chi connectivity index (χ1) is 10.2. The highest BCUT2D eigenvalue weighted by atomic mass is 19.1. The lowest BCUT2D eigenvalue weighted by Crippen LogP contribution is -1.96. The van der Waals surface area contributed by atoms with Crippen LogP contribution in [0.2, 0.25) is 0 Å². The first-order valence-electron chi connectivity index (χ1n) is 6.48. The van der Waals surface area contributed by atoms with Gasteiger partial charge in [0, 0.05) is 18.1 Å². The lowest BCUT2D eigenvalue weighted by Gasteiger charge is -2.07. The molecule has 3 nitrogen and oxygen atoms in total. The molecule has 0 aromatic heterocycles. The van der Waals surface area contributed by atoms with Gasteiger partial charge in [-0.15, -0.1) is 0 Å². The summed E-state index contributed by atoms with van der Waals surface area (Å²) in [6.07, 6.45) is 0.347. The number of phenols is 1. The van der Waals surface area contributed by atoms with E-state index in [4.69, 9.17) is 9.84 Å². The van der Waals surface area contributed by atoms with Gasteiger partial charge in [0.05, 0.1) is 6.61 Å². The van der Waals surface area contributed by atoms with Crippen LogP contribution in [-0.4, -0.2) is 16.8 Å². The van der Waals surface area contributed by atoms with E-state index in [0.717, 1.165) is 5.56 Å². The molecule has 0 atom stereocenters. The number of halogens is 1. The van der Waals surface area contributed by atoms with Crippen LogP contribution in [0.1, 0.15) is 17.5 Å². The average Bonchev–Trinajstić information content (AvgIpc) is 2.46. The first kappa shape index (κ1) is 14.9. The van der Waals surface area contributed by atoms with Crippen molar-refractivity contribution < 1.29 is 19.3 Å². The fourth-order valence-electron chi connectivity index (χ4n) is 1.70. The Balaban J connectivity index is 2.06. The van der Waals surface area contributed by atoms with Gasteiger partial charge < -0.3 is 14.9 Å². The van der Waals surface area contributed by atoms with Gasteiger partial charge in [-0.3, -0.25) is 0 Å². The lowest BCUT2D eigenvalue weighted by molar-refractivity contribution is 0.304. The van der Waals surface area contributed by atoms with E-state index in [1.54, 1.807) is 30.3 Å². The summed E-state index contributed by atoms with van der Waals surface area (Å²) in [5.41, 5.74) is 1.37. The van der Waals surface area contributed by atoms with Gasteiger partial charge >= 0.3 is 0 Å². The monoisotopic (exact) mass is 286 g/mol. The molecule has 2 aromatic rings. The zero-order valence-electron chi connectivity index (χ0n) is 11.3. The molecular weight excluding hydrogens is 271 g/mol. The van der Waals surface area contributed by atoms with Crippen molar-refractivity contribution in [3.8, 4) is 23.3 Å². The maximum Gasteiger partial charge on any atom is 0.128 e. The van der Waals surface area contributed by atoms with Gasteiger partial charge in [0.2, 0.25) is 0 Å². The summed E-state index contributed by atoms with van der Waals surface area (Å²) in [6, 6.07) is 10.8. The Bertz CT molecular complexity index is 654. The summed E-state index contributed by atoms with van der Waals surface area (Å²) < 4.78 is 19.0. The number of rotatable bonds is 4. The van der Waals surface area contributed by atoms with Crippen LogP contribution in [0.3, 0.4) is 0 Å². The molecule has 2 rings (SSSR count). The van der Waals surface area contributed by atoms with E-state index in [0.29, 0.717) is 17.7 Å². The summed E-state index contributed by atoms with van der Waals surface area (Å²) in [5.74, 6) is 5.65. The van der Waals surface area contributed by atoms with Crippen LogP contribution >= 0.6 is 0 Å². The molecule has 0 bridgehead atoms. The molecular formula is C17H15FO3. The Kier molecular flexibility index (Phi) is 5.19. The number of aromatic hydroxyl groups is 1. The van der Waals surface area contributed by atoms with Crippen LogP contribution in [-0.2, 0) is 6.61 Å². The van der Waals surface area contributed by atoms with E-state index in [9.17, 15) is 9.50 Å². The number of phenolic OH excluding ortho intramolecular Hbond substituents is 1. The number of ether oxygens (including phenoxy) is 1. The fraction of sp³-hybridized carbons (Fsp3) is 0.176. The molecule has 21 heavy (non-hydrogen) atoms. The number of aliphatic hydroxyl groups is 1. The third kappa shape index (κ3) is 4.83. The minimum Gasteiger partial charge on any atom is -0.508 e. The number of benzene rings is 2. The SMILES string of the molecule is OCCC#Cc1cc(F)cc(OCc2ccc(O)cc2)c1. The summed E-state index contributed by atoms with van der Waals surface area (Å²) in [6.45, 7) is 0.250. The number of hydrogen-bond donors (Lipinski definition) is 2. The number of aliphatic hydroxyl groups excluding tert-OH is 1. The lowest BCUT2D eigenvalue weighted by atomic mass is 10.2. The van der Waals surface area contributed by atoms with Crippen molar-refractivity contribution in [1.29, 1.82) is 0 Å². The van der Waals surface area contributed by atoms with Crippen LogP contribution in [0.5, 0.6) is 11.5 Å². The van der Waals surface area contributed by atoms with Gasteiger partial charge in [-0.25, -0.2) is 4.39 Å². The van der Waals surface area contributed by atoms with Crippen LogP contribution in [0.25, 0.3) is 0 Å². The Hall–Kier alpha value is -2.51. The zero-order chi connectivity index (χ0) is 15.1. The molecule has 0 saturated heterocycles. The maximum absolute atomic E-state index is 13.5. The maximum atomic E-state index is 13.5. The van der Waals surface area contributed by atoms with Crippen molar-refractivity contribution in [2.75, 3.05) is 6.61 Å². The van der Waals surface area contributed by atoms with Gasteiger partial charge in [-0.05, 0) is 29.8 Å². The molecule has 0 amide bonds. The van der Waals surface area contributed by atoms with Crippen molar-refractivity contribution in [3.05, 3.63) is 59.4 Å². The van der Waals surface area contributed by atoms with E-state index >= 15 is 0 Å². The van der Waals surface area contributed by atoms with Crippen molar-refractivity contribution in [2.24, 2.45) is 0 Å². The second-order valence-electron chi connectivity index (χ2n) is 4.41. The van der Waals surface area contributed by atoms with Crippen molar-refractivity contribution >= 4 is 0 Å². The molecule has 0 aliphatic rings. The molecule has 4 heteroatoms. The molecule has 0 fully saturated rings. The molecule has 0 spiro atoms. The molecule has 0 unspecified atom stereocenters. The molecule has 2 aromatic carbocycles. The van der Waals surface area contributed by atoms with Crippen LogP contribution in [0.15, 0.2) is 42.5 Å². The Morgan fingerprint density at radius 2 is 1.86 bits per heavy atom. The zero-order valence-corrected chi connectivity index (χ0v) is 11.3. The molecule has 0 heterocycles. The van der Waals surface area contributed by atoms with E-state index in [2.05, 4.69) is 11.8 Å². The van der Waals surface area contributed by atoms with Gasteiger partial charge in [0.25, 0.3) is 0 Å².